The highest BCUT2D eigenvalue weighted by Crippen LogP contribution is 2.33. The van der Waals surface area contributed by atoms with E-state index in [1.54, 1.807) is 13.0 Å². The minimum atomic E-state index is -1.11. The van der Waals surface area contributed by atoms with Gasteiger partial charge in [-0.2, -0.15) is 0 Å². The second-order valence-electron chi connectivity index (χ2n) is 10.7. The summed E-state index contributed by atoms with van der Waals surface area (Å²) in [7, 11) is 0. The Balaban J connectivity index is 1.34. The van der Waals surface area contributed by atoms with Crippen LogP contribution in [0.15, 0.2) is 60.7 Å². The number of benzene rings is 2. The molecular formula is C32H36N6O7. The lowest BCUT2D eigenvalue weighted by molar-refractivity contribution is -0.157. The van der Waals surface area contributed by atoms with Crippen molar-refractivity contribution in [2.75, 3.05) is 38.1 Å². The summed E-state index contributed by atoms with van der Waals surface area (Å²) in [5, 5.41) is 16.9. The number of aromatic nitrogens is 2. The standard InChI is InChI=1S/C32H36N6O7/c1-2-44-32(43)45-38-18-16-37(17-19-38)31(42)25(14-15-28(39)40)35-30(41)26-20-27(36-29(34-26)22-9-4-3-5-10-22)33-24-13-12-21-8-6-7-11-23(21)24/h3-11,20,24-25H,2,12-19H2,1H3,(H,35,41)(H,39,40)(H,33,34,36)/t24-,25+/m1/s1. The smallest absolute Gasteiger partial charge is 0.481 e. The number of nitrogens with one attached hydrogen (secondary N) is 2. The largest absolute Gasteiger partial charge is 0.527 e. The summed E-state index contributed by atoms with van der Waals surface area (Å²) in [5.74, 6) is -1.35. The highest BCUT2D eigenvalue weighted by Gasteiger charge is 2.31. The summed E-state index contributed by atoms with van der Waals surface area (Å²) in [6.07, 6.45) is 0.536. The van der Waals surface area contributed by atoms with Crippen LogP contribution in [0, 0.1) is 0 Å². The summed E-state index contributed by atoms with van der Waals surface area (Å²) >= 11 is 0. The molecule has 13 nitrogen and oxygen atoms in total. The lowest BCUT2D eigenvalue weighted by atomic mass is 10.1. The molecule has 45 heavy (non-hydrogen) atoms. The SMILES string of the molecule is CCOC(=O)ON1CCN(C(=O)[C@H](CCC(=O)O)NC(=O)c2cc(N[C@@H]3CCc4ccccc43)nc(-c3ccccc3)n2)CC1. The van der Waals surface area contributed by atoms with E-state index in [4.69, 9.17) is 14.6 Å². The predicted octanol–water partition coefficient (Wildman–Crippen LogP) is 3.44. The molecule has 0 unspecified atom stereocenters. The minimum absolute atomic E-state index is 0.00648. The number of nitrogens with zero attached hydrogens (tertiary/aromatic N) is 4. The number of carboxylic acids is 1. The number of carbonyl (C=O) groups excluding carboxylic acids is 3. The average Bonchev–Trinajstić information content (AvgIpc) is 3.45. The van der Waals surface area contributed by atoms with Crippen molar-refractivity contribution in [1.29, 1.82) is 0 Å². The van der Waals surface area contributed by atoms with Gasteiger partial charge in [0.05, 0.1) is 25.7 Å². The van der Waals surface area contributed by atoms with Crippen molar-refractivity contribution in [2.24, 2.45) is 0 Å². The van der Waals surface area contributed by atoms with Gasteiger partial charge in [0.2, 0.25) is 5.91 Å². The van der Waals surface area contributed by atoms with Gasteiger partial charge < -0.3 is 30.2 Å². The molecule has 2 atom stereocenters. The second-order valence-corrected chi connectivity index (χ2v) is 10.7. The summed E-state index contributed by atoms with van der Waals surface area (Å²) in [5.41, 5.74) is 3.19. The first-order valence-electron chi connectivity index (χ1n) is 15.0. The fraction of sp³-hybridized carbons (Fsp3) is 0.375. The topological polar surface area (TPSA) is 163 Å². The van der Waals surface area contributed by atoms with Crippen LogP contribution in [0.4, 0.5) is 10.6 Å². The zero-order chi connectivity index (χ0) is 31.8. The fourth-order valence-corrected chi connectivity index (χ4v) is 5.47. The maximum Gasteiger partial charge on any atom is 0.527 e. The molecule has 3 N–H and O–H groups in total. The Labute approximate surface area is 260 Å². The Morgan fingerprint density at radius 2 is 1.73 bits per heavy atom. The molecule has 0 radical (unpaired) electrons. The van der Waals surface area contributed by atoms with Crippen molar-refractivity contribution in [3.8, 4) is 11.4 Å². The van der Waals surface area contributed by atoms with Crippen molar-refractivity contribution in [1.82, 2.24) is 25.2 Å². The quantitative estimate of drug-likeness (QED) is 0.271. The van der Waals surface area contributed by atoms with Crippen molar-refractivity contribution >= 4 is 29.8 Å². The number of rotatable bonds is 11. The number of piperazine rings is 1. The zero-order valence-electron chi connectivity index (χ0n) is 25.0. The van der Waals surface area contributed by atoms with E-state index in [0.717, 1.165) is 12.8 Å². The second kappa shape index (κ2) is 14.6. The van der Waals surface area contributed by atoms with Gasteiger partial charge in [0.25, 0.3) is 5.91 Å². The zero-order valence-corrected chi connectivity index (χ0v) is 25.0. The molecule has 2 amide bonds. The van der Waals surface area contributed by atoms with Crippen LogP contribution in [0.1, 0.15) is 53.8 Å². The van der Waals surface area contributed by atoms with E-state index in [2.05, 4.69) is 27.8 Å². The van der Waals surface area contributed by atoms with Crippen LogP contribution >= 0.6 is 0 Å². The Morgan fingerprint density at radius 1 is 1.00 bits per heavy atom. The molecule has 1 fully saturated rings. The van der Waals surface area contributed by atoms with Crippen molar-refractivity contribution in [3.63, 3.8) is 0 Å². The van der Waals surface area contributed by atoms with Crippen LogP contribution < -0.4 is 10.6 Å². The molecule has 13 heteroatoms. The van der Waals surface area contributed by atoms with Crippen molar-refractivity contribution in [3.05, 3.63) is 77.5 Å². The van der Waals surface area contributed by atoms with Crippen LogP contribution in [0.5, 0.6) is 0 Å². The van der Waals surface area contributed by atoms with E-state index < -0.39 is 30.0 Å². The third-order valence-corrected chi connectivity index (χ3v) is 7.71. The predicted molar refractivity (Wildman–Crippen MR) is 163 cm³/mol. The number of fused-ring (bicyclic) bond motifs is 1. The number of anilines is 1. The van der Waals surface area contributed by atoms with Crippen LogP contribution in [0.3, 0.4) is 0 Å². The number of carboxylic acid groups (broad SMARTS) is 1. The molecule has 1 saturated heterocycles. The van der Waals surface area contributed by atoms with Gasteiger partial charge >= 0.3 is 12.1 Å². The van der Waals surface area contributed by atoms with Gasteiger partial charge in [-0.3, -0.25) is 14.4 Å². The van der Waals surface area contributed by atoms with E-state index in [-0.39, 0.29) is 57.4 Å². The molecule has 0 saturated carbocycles. The Bertz CT molecular complexity index is 1530. The average molecular weight is 617 g/mol. The van der Waals surface area contributed by atoms with Crippen LogP contribution in [0.25, 0.3) is 11.4 Å². The van der Waals surface area contributed by atoms with Gasteiger partial charge in [-0.25, -0.2) is 14.8 Å². The van der Waals surface area contributed by atoms with Crippen LogP contribution in [0.2, 0.25) is 0 Å². The molecule has 0 spiro atoms. The summed E-state index contributed by atoms with van der Waals surface area (Å²) in [6, 6.07) is 17.9. The maximum absolute atomic E-state index is 13.7. The van der Waals surface area contributed by atoms with Crippen molar-refractivity contribution < 1.29 is 33.9 Å². The molecule has 3 aromatic rings. The third-order valence-electron chi connectivity index (χ3n) is 7.71. The monoisotopic (exact) mass is 616 g/mol. The van der Waals surface area contributed by atoms with Gasteiger partial charge in [-0.05, 0) is 37.3 Å². The molecule has 5 rings (SSSR count). The summed E-state index contributed by atoms with van der Waals surface area (Å²) in [4.78, 5) is 66.1. The number of carbonyl (C=O) groups is 4. The van der Waals surface area contributed by atoms with Gasteiger partial charge in [0, 0.05) is 31.1 Å². The molecule has 0 bridgehead atoms. The first kappa shape index (κ1) is 31.4. The first-order valence-corrected chi connectivity index (χ1v) is 15.0. The van der Waals surface area contributed by atoms with E-state index >= 15 is 0 Å². The Kier molecular flexibility index (Phi) is 10.2. The highest BCUT2D eigenvalue weighted by molar-refractivity contribution is 5.97. The summed E-state index contributed by atoms with van der Waals surface area (Å²) in [6.45, 7) is 2.72. The van der Waals surface area contributed by atoms with Crippen LogP contribution in [-0.2, 0) is 25.6 Å². The van der Waals surface area contributed by atoms with Gasteiger partial charge in [-0.1, -0.05) is 54.6 Å². The molecule has 1 aliphatic carbocycles. The number of aryl methyl sites for hydroxylation is 1. The molecule has 2 aromatic carbocycles. The number of ether oxygens (including phenoxy) is 1. The molecule has 236 valence electrons. The fourth-order valence-electron chi connectivity index (χ4n) is 5.47. The maximum atomic E-state index is 13.7. The number of hydroxylamine groups is 2. The van der Waals surface area contributed by atoms with E-state index in [1.807, 2.05) is 42.5 Å². The Hall–Kier alpha value is -5.04. The number of hydrogen-bond acceptors (Lipinski definition) is 10. The van der Waals surface area contributed by atoms with E-state index in [1.165, 1.54) is 21.1 Å². The normalized spacial score (nSPS) is 16.7. The lowest BCUT2D eigenvalue weighted by Gasteiger charge is -2.35. The molecule has 2 heterocycles. The number of aliphatic carboxylic acids is 1. The molecule has 1 aliphatic heterocycles. The number of amides is 2. The minimum Gasteiger partial charge on any atom is -0.481 e. The highest BCUT2D eigenvalue weighted by atomic mass is 16.8. The van der Waals surface area contributed by atoms with E-state index in [0.29, 0.717) is 17.2 Å². The van der Waals surface area contributed by atoms with E-state index in [9.17, 15) is 24.3 Å². The number of hydrogen-bond donors (Lipinski definition) is 3. The van der Waals surface area contributed by atoms with Crippen molar-refractivity contribution in [2.45, 2.75) is 44.7 Å². The first-order chi connectivity index (χ1) is 21.8. The lowest BCUT2D eigenvalue weighted by Crippen LogP contribution is -2.55. The Morgan fingerprint density at radius 3 is 2.47 bits per heavy atom. The molecule has 1 aromatic heterocycles. The van der Waals surface area contributed by atoms with Crippen LogP contribution in [-0.4, -0.2) is 87.8 Å². The van der Waals surface area contributed by atoms with Gasteiger partial charge in [0.1, 0.15) is 17.6 Å². The van der Waals surface area contributed by atoms with Gasteiger partial charge in [0.15, 0.2) is 5.82 Å². The molecular weight excluding hydrogens is 580 g/mol. The molecule has 2 aliphatic rings. The van der Waals surface area contributed by atoms with Gasteiger partial charge in [-0.15, -0.1) is 5.06 Å². The summed E-state index contributed by atoms with van der Waals surface area (Å²) < 4.78 is 4.79. The third kappa shape index (κ3) is 8.12.